The van der Waals surface area contributed by atoms with E-state index in [4.69, 9.17) is 0 Å². The van der Waals surface area contributed by atoms with Crippen molar-refractivity contribution >= 4 is 23.1 Å². The number of anilines is 4. The summed E-state index contributed by atoms with van der Waals surface area (Å²) in [6.45, 7) is 8.57. The molecule has 3 rings (SSSR count). The van der Waals surface area contributed by atoms with Crippen molar-refractivity contribution < 1.29 is 0 Å². The average Bonchev–Trinajstić information content (AvgIpc) is 2.66. The molecular formula is C22H34N6. The lowest BCUT2D eigenvalue weighted by atomic mass is 9.99. The number of aryl methyl sites for hydroxylation is 1. The van der Waals surface area contributed by atoms with Crippen LogP contribution in [0.1, 0.15) is 31.9 Å². The van der Waals surface area contributed by atoms with Gasteiger partial charge in [-0.25, -0.2) is 4.98 Å². The minimum atomic E-state index is 0.681. The number of nitrogens with one attached hydrogen (secondary N) is 2. The third-order valence-corrected chi connectivity index (χ3v) is 5.21. The molecule has 2 aromatic rings. The van der Waals surface area contributed by atoms with Crippen LogP contribution in [0.3, 0.4) is 0 Å². The second-order valence-electron chi connectivity index (χ2n) is 8.14. The average molecular weight is 383 g/mol. The van der Waals surface area contributed by atoms with Gasteiger partial charge in [0, 0.05) is 42.8 Å². The van der Waals surface area contributed by atoms with Crippen LogP contribution >= 0.6 is 0 Å². The first-order valence-corrected chi connectivity index (χ1v) is 10.4. The normalized spacial score (nSPS) is 15.1. The van der Waals surface area contributed by atoms with E-state index in [0.717, 1.165) is 55.7 Å². The quantitative estimate of drug-likeness (QED) is 0.670. The van der Waals surface area contributed by atoms with Crippen LogP contribution in [0, 0.1) is 12.8 Å². The highest BCUT2D eigenvalue weighted by atomic mass is 15.2. The Morgan fingerprint density at radius 3 is 2.50 bits per heavy atom. The third kappa shape index (κ3) is 6.09. The molecule has 0 amide bonds. The minimum Gasteiger partial charge on any atom is -0.372 e. The van der Waals surface area contributed by atoms with Gasteiger partial charge >= 0.3 is 0 Å². The fraction of sp³-hybridized carbons (Fsp3) is 0.545. The molecule has 1 aliphatic heterocycles. The van der Waals surface area contributed by atoms with Gasteiger partial charge in [0.05, 0.1) is 0 Å². The van der Waals surface area contributed by atoms with E-state index in [1.54, 1.807) is 0 Å². The van der Waals surface area contributed by atoms with Crippen LogP contribution in [0.2, 0.25) is 0 Å². The maximum atomic E-state index is 4.61. The monoisotopic (exact) mass is 382 g/mol. The number of aromatic nitrogens is 2. The van der Waals surface area contributed by atoms with Gasteiger partial charge in [0.15, 0.2) is 0 Å². The van der Waals surface area contributed by atoms with Crippen molar-refractivity contribution in [1.82, 2.24) is 14.9 Å². The van der Waals surface area contributed by atoms with Gasteiger partial charge < -0.3 is 20.4 Å². The SMILES string of the molecule is Cc1cc(Nc2ccc(N3CCC(C)CC3)cc2)nc(NCCCN(C)C)n1. The van der Waals surface area contributed by atoms with Crippen molar-refractivity contribution in [1.29, 1.82) is 0 Å². The second kappa shape index (κ2) is 9.73. The molecule has 2 heterocycles. The van der Waals surface area contributed by atoms with Gasteiger partial charge in [-0.05, 0) is 77.0 Å². The van der Waals surface area contributed by atoms with Crippen LogP contribution in [-0.2, 0) is 0 Å². The van der Waals surface area contributed by atoms with E-state index in [9.17, 15) is 0 Å². The zero-order valence-electron chi connectivity index (χ0n) is 17.7. The first kappa shape index (κ1) is 20.4. The van der Waals surface area contributed by atoms with Crippen molar-refractivity contribution in [3.05, 3.63) is 36.0 Å². The molecule has 152 valence electrons. The molecule has 0 radical (unpaired) electrons. The van der Waals surface area contributed by atoms with E-state index in [1.807, 2.05) is 13.0 Å². The Bertz CT molecular complexity index is 735. The molecule has 0 bridgehead atoms. The zero-order valence-corrected chi connectivity index (χ0v) is 17.7. The van der Waals surface area contributed by atoms with Gasteiger partial charge in [-0.1, -0.05) is 6.92 Å². The van der Waals surface area contributed by atoms with E-state index in [2.05, 4.69) is 75.7 Å². The highest BCUT2D eigenvalue weighted by Crippen LogP contribution is 2.25. The Kier molecular flexibility index (Phi) is 7.09. The van der Waals surface area contributed by atoms with Crippen LogP contribution in [0.15, 0.2) is 30.3 Å². The Hall–Kier alpha value is -2.34. The lowest BCUT2D eigenvalue weighted by molar-refractivity contribution is 0.405. The fourth-order valence-corrected chi connectivity index (χ4v) is 3.48. The van der Waals surface area contributed by atoms with Crippen molar-refractivity contribution in [3.8, 4) is 0 Å². The van der Waals surface area contributed by atoms with Crippen molar-refractivity contribution in [2.75, 3.05) is 55.8 Å². The Balaban J connectivity index is 1.58. The number of benzene rings is 1. The molecule has 1 saturated heterocycles. The van der Waals surface area contributed by atoms with Gasteiger partial charge in [0.25, 0.3) is 0 Å². The molecule has 1 fully saturated rings. The molecule has 0 saturated carbocycles. The number of hydrogen-bond donors (Lipinski definition) is 2. The second-order valence-corrected chi connectivity index (χ2v) is 8.14. The predicted molar refractivity (Wildman–Crippen MR) is 119 cm³/mol. The Morgan fingerprint density at radius 2 is 1.82 bits per heavy atom. The van der Waals surface area contributed by atoms with Crippen molar-refractivity contribution in [2.24, 2.45) is 5.92 Å². The standard InChI is InChI=1S/C22H34N6/c1-17-10-14-28(15-11-17)20-8-6-19(7-9-20)25-21-16-18(2)24-22(26-21)23-12-5-13-27(3)4/h6-9,16-17H,5,10-15H2,1-4H3,(H2,23,24,25,26). The summed E-state index contributed by atoms with van der Waals surface area (Å²) >= 11 is 0. The van der Waals surface area contributed by atoms with E-state index >= 15 is 0 Å². The molecular weight excluding hydrogens is 348 g/mol. The van der Waals surface area contributed by atoms with Gasteiger partial charge in [0.2, 0.25) is 5.95 Å². The summed E-state index contributed by atoms with van der Waals surface area (Å²) in [5.74, 6) is 2.35. The number of piperidine rings is 1. The van der Waals surface area contributed by atoms with Crippen molar-refractivity contribution in [3.63, 3.8) is 0 Å². The van der Waals surface area contributed by atoms with E-state index < -0.39 is 0 Å². The van der Waals surface area contributed by atoms with Gasteiger partial charge in [-0.2, -0.15) is 4.98 Å². The summed E-state index contributed by atoms with van der Waals surface area (Å²) in [4.78, 5) is 13.8. The lowest BCUT2D eigenvalue weighted by Gasteiger charge is -2.32. The van der Waals surface area contributed by atoms with Crippen molar-refractivity contribution in [2.45, 2.75) is 33.1 Å². The van der Waals surface area contributed by atoms with Crippen LogP contribution in [0.5, 0.6) is 0 Å². The molecule has 6 heteroatoms. The summed E-state index contributed by atoms with van der Waals surface area (Å²) < 4.78 is 0. The largest absolute Gasteiger partial charge is 0.372 e. The Morgan fingerprint density at radius 1 is 1.11 bits per heavy atom. The van der Waals surface area contributed by atoms with Crippen LogP contribution in [-0.4, -0.2) is 55.1 Å². The van der Waals surface area contributed by atoms with Crippen LogP contribution < -0.4 is 15.5 Å². The Labute approximate surface area is 169 Å². The zero-order chi connectivity index (χ0) is 19.9. The van der Waals surface area contributed by atoms with Gasteiger partial charge in [0.1, 0.15) is 5.82 Å². The molecule has 6 nitrogen and oxygen atoms in total. The number of rotatable bonds is 8. The molecule has 0 aliphatic carbocycles. The first-order chi connectivity index (χ1) is 13.5. The molecule has 1 aromatic heterocycles. The lowest BCUT2D eigenvalue weighted by Crippen LogP contribution is -2.32. The molecule has 2 N–H and O–H groups in total. The summed E-state index contributed by atoms with van der Waals surface area (Å²) in [5.41, 5.74) is 3.30. The van der Waals surface area contributed by atoms with Crippen LogP contribution in [0.25, 0.3) is 0 Å². The summed E-state index contributed by atoms with van der Waals surface area (Å²) in [6.07, 6.45) is 3.62. The topological polar surface area (TPSA) is 56.3 Å². The molecule has 28 heavy (non-hydrogen) atoms. The summed E-state index contributed by atoms with van der Waals surface area (Å²) in [6, 6.07) is 10.6. The van der Waals surface area contributed by atoms with Crippen LogP contribution in [0.4, 0.5) is 23.1 Å². The highest BCUT2D eigenvalue weighted by molar-refractivity contribution is 5.61. The molecule has 0 spiro atoms. The predicted octanol–water partition coefficient (Wildman–Crippen LogP) is 4.13. The fourth-order valence-electron chi connectivity index (χ4n) is 3.48. The smallest absolute Gasteiger partial charge is 0.224 e. The third-order valence-electron chi connectivity index (χ3n) is 5.21. The first-order valence-electron chi connectivity index (χ1n) is 10.4. The molecule has 0 atom stereocenters. The highest BCUT2D eigenvalue weighted by Gasteiger charge is 2.15. The van der Waals surface area contributed by atoms with Gasteiger partial charge in [-0.15, -0.1) is 0 Å². The molecule has 1 aliphatic rings. The van der Waals surface area contributed by atoms with E-state index in [1.165, 1.54) is 18.5 Å². The minimum absolute atomic E-state index is 0.681. The number of nitrogens with zero attached hydrogens (tertiary/aromatic N) is 4. The maximum absolute atomic E-state index is 4.61. The molecule has 0 unspecified atom stereocenters. The summed E-state index contributed by atoms with van der Waals surface area (Å²) in [5, 5.41) is 6.74. The van der Waals surface area contributed by atoms with Gasteiger partial charge in [-0.3, -0.25) is 0 Å². The van der Waals surface area contributed by atoms with E-state index in [0.29, 0.717) is 5.95 Å². The van der Waals surface area contributed by atoms with E-state index in [-0.39, 0.29) is 0 Å². The summed E-state index contributed by atoms with van der Waals surface area (Å²) in [7, 11) is 4.17. The molecule has 1 aromatic carbocycles. The number of hydrogen-bond acceptors (Lipinski definition) is 6. The maximum Gasteiger partial charge on any atom is 0.224 e.